The van der Waals surface area contributed by atoms with Crippen LogP contribution in [0.4, 0.5) is 0 Å². The van der Waals surface area contributed by atoms with Crippen LogP contribution in [0, 0.1) is 11.3 Å². The molecule has 14 heavy (non-hydrogen) atoms. The molecule has 2 aliphatic rings. The number of hydrogen-bond donors (Lipinski definition) is 0. The average molecular weight is 192 g/mol. The van der Waals surface area contributed by atoms with Gasteiger partial charge in [-0.05, 0) is 29.9 Å². The van der Waals surface area contributed by atoms with E-state index < -0.39 is 0 Å². The smallest absolute Gasteiger partial charge is 0.133 e. The minimum Gasteiger partial charge on any atom is -0.497 e. The van der Waals surface area contributed by atoms with E-state index in [0.717, 1.165) is 18.6 Å². The van der Waals surface area contributed by atoms with Crippen LogP contribution >= 0.6 is 0 Å². The minimum absolute atomic E-state index is 0.177. The fourth-order valence-electron chi connectivity index (χ4n) is 2.29. The molecule has 0 saturated heterocycles. The van der Waals surface area contributed by atoms with Crippen molar-refractivity contribution < 1.29 is 9.53 Å². The van der Waals surface area contributed by atoms with Crippen molar-refractivity contribution in [2.75, 3.05) is 7.11 Å². The van der Waals surface area contributed by atoms with Crippen LogP contribution in [0.1, 0.15) is 26.2 Å². The van der Waals surface area contributed by atoms with Gasteiger partial charge in [-0.2, -0.15) is 0 Å². The summed E-state index contributed by atoms with van der Waals surface area (Å²) < 4.78 is 5.18. The summed E-state index contributed by atoms with van der Waals surface area (Å²) in [6, 6.07) is 0. The first-order valence-electron chi connectivity index (χ1n) is 5.11. The molecule has 2 rings (SSSR count). The van der Waals surface area contributed by atoms with Crippen molar-refractivity contribution in [3.8, 4) is 0 Å². The van der Waals surface area contributed by atoms with Crippen molar-refractivity contribution in [1.29, 1.82) is 0 Å². The molecule has 0 aromatic heterocycles. The van der Waals surface area contributed by atoms with Crippen LogP contribution in [0.2, 0.25) is 0 Å². The number of hydrogen-bond acceptors (Lipinski definition) is 2. The summed E-state index contributed by atoms with van der Waals surface area (Å²) in [6.07, 6.45) is 8.69. The highest BCUT2D eigenvalue weighted by molar-refractivity contribution is 5.80. The van der Waals surface area contributed by atoms with Gasteiger partial charge in [-0.15, -0.1) is 0 Å². The molecule has 2 atom stereocenters. The highest BCUT2D eigenvalue weighted by Crippen LogP contribution is 2.44. The van der Waals surface area contributed by atoms with Crippen molar-refractivity contribution in [1.82, 2.24) is 0 Å². The van der Waals surface area contributed by atoms with Gasteiger partial charge in [0, 0.05) is 12.8 Å². The van der Waals surface area contributed by atoms with E-state index in [1.54, 1.807) is 7.11 Å². The van der Waals surface area contributed by atoms with Crippen LogP contribution in [0.3, 0.4) is 0 Å². The summed E-state index contributed by atoms with van der Waals surface area (Å²) in [4.78, 5) is 11.4. The van der Waals surface area contributed by atoms with E-state index in [0.29, 0.717) is 18.1 Å². The maximum Gasteiger partial charge on any atom is 0.133 e. The van der Waals surface area contributed by atoms with Crippen molar-refractivity contribution in [2.24, 2.45) is 11.3 Å². The molecule has 0 spiro atoms. The lowest BCUT2D eigenvalue weighted by atomic mass is 9.65. The molecule has 0 radical (unpaired) electrons. The van der Waals surface area contributed by atoms with Crippen molar-refractivity contribution >= 4 is 5.78 Å². The molecular formula is C12H16O2. The summed E-state index contributed by atoms with van der Waals surface area (Å²) in [5.41, 5.74) is 0.177. The molecule has 0 unspecified atom stereocenters. The summed E-state index contributed by atoms with van der Waals surface area (Å²) in [6.45, 7) is 2.23. The number of fused-ring (bicyclic) bond motifs is 1. The highest BCUT2D eigenvalue weighted by Gasteiger charge is 2.38. The Morgan fingerprint density at radius 3 is 3.07 bits per heavy atom. The molecule has 0 heterocycles. The predicted molar refractivity (Wildman–Crippen MR) is 54.7 cm³/mol. The topological polar surface area (TPSA) is 26.3 Å². The first kappa shape index (κ1) is 9.50. The fraction of sp³-hybridized carbons (Fsp3) is 0.583. The van der Waals surface area contributed by atoms with Crippen LogP contribution in [0.5, 0.6) is 0 Å². The van der Waals surface area contributed by atoms with Gasteiger partial charge in [-0.1, -0.05) is 13.0 Å². The number of allylic oxidation sites excluding steroid dienone is 3. The Bertz CT molecular complexity index is 314. The zero-order chi connectivity index (χ0) is 10.2. The summed E-state index contributed by atoms with van der Waals surface area (Å²) in [5.74, 6) is 1.61. The third kappa shape index (κ3) is 1.49. The van der Waals surface area contributed by atoms with Crippen LogP contribution in [-0.2, 0) is 9.53 Å². The third-order valence-electron chi connectivity index (χ3n) is 3.47. The Balaban J connectivity index is 2.24. The van der Waals surface area contributed by atoms with E-state index in [1.807, 2.05) is 6.08 Å². The van der Waals surface area contributed by atoms with Crippen LogP contribution in [0.15, 0.2) is 24.0 Å². The van der Waals surface area contributed by atoms with Crippen LogP contribution < -0.4 is 0 Å². The molecule has 2 heteroatoms. The molecule has 0 amide bonds. The van der Waals surface area contributed by atoms with Gasteiger partial charge in [-0.3, -0.25) is 4.79 Å². The van der Waals surface area contributed by atoms with Gasteiger partial charge in [-0.25, -0.2) is 0 Å². The Kier molecular flexibility index (Phi) is 2.22. The number of methoxy groups -OCH3 is 1. The van der Waals surface area contributed by atoms with E-state index in [1.165, 1.54) is 0 Å². The molecule has 76 valence electrons. The molecule has 0 aliphatic heterocycles. The van der Waals surface area contributed by atoms with Crippen molar-refractivity contribution in [3.63, 3.8) is 0 Å². The van der Waals surface area contributed by atoms with Crippen molar-refractivity contribution in [3.05, 3.63) is 24.0 Å². The third-order valence-corrected chi connectivity index (χ3v) is 3.47. The standard InChI is InChI=1S/C12H16O2/c1-12-5-3-10(13)7-9(12)8-11(14-2)4-6-12/h4,6,8-9H,3,5,7H2,1-2H3/t9-,12+/m0/s1. The maximum absolute atomic E-state index is 11.4. The van der Waals surface area contributed by atoms with Gasteiger partial charge in [0.25, 0.3) is 0 Å². The Hall–Kier alpha value is -1.05. The lowest BCUT2D eigenvalue weighted by Crippen LogP contribution is -2.33. The van der Waals surface area contributed by atoms with Crippen LogP contribution in [0.25, 0.3) is 0 Å². The number of ketones is 1. The molecule has 0 N–H and O–H groups in total. The lowest BCUT2D eigenvalue weighted by molar-refractivity contribution is -0.123. The van der Waals surface area contributed by atoms with Crippen molar-refractivity contribution in [2.45, 2.75) is 26.2 Å². The molecule has 0 aromatic carbocycles. The quantitative estimate of drug-likeness (QED) is 0.638. The molecule has 2 nitrogen and oxygen atoms in total. The van der Waals surface area contributed by atoms with Gasteiger partial charge in [0.05, 0.1) is 7.11 Å². The molecular weight excluding hydrogens is 176 g/mol. The van der Waals surface area contributed by atoms with E-state index in [9.17, 15) is 4.79 Å². The van der Waals surface area contributed by atoms with E-state index in [-0.39, 0.29) is 5.41 Å². The fourth-order valence-corrected chi connectivity index (χ4v) is 2.29. The normalized spacial score (nSPS) is 36.3. The monoisotopic (exact) mass is 192 g/mol. The number of ether oxygens (including phenoxy) is 1. The molecule has 1 fully saturated rings. The molecule has 0 aromatic rings. The van der Waals surface area contributed by atoms with E-state index in [2.05, 4.69) is 19.1 Å². The first-order valence-corrected chi connectivity index (χ1v) is 5.11. The summed E-state index contributed by atoms with van der Waals surface area (Å²) in [7, 11) is 1.67. The van der Waals surface area contributed by atoms with E-state index in [4.69, 9.17) is 4.74 Å². The summed E-state index contributed by atoms with van der Waals surface area (Å²) in [5, 5.41) is 0. The maximum atomic E-state index is 11.4. The molecule has 1 saturated carbocycles. The highest BCUT2D eigenvalue weighted by atomic mass is 16.5. The van der Waals surface area contributed by atoms with Gasteiger partial charge in [0.15, 0.2) is 0 Å². The van der Waals surface area contributed by atoms with Gasteiger partial charge in [0.1, 0.15) is 11.5 Å². The molecule has 0 bridgehead atoms. The number of rotatable bonds is 1. The molecule has 2 aliphatic carbocycles. The Labute approximate surface area is 84.6 Å². The summed E-state index contributed by atoms with van der Waals surface area (Å²) >= 11 is 0. The SMILES string of the molecule is COC1=C[C@@H]2CC(=O)CC[C@]2(C)C=C1. The zero-order valence-corrected chi connectivity index (χ0v) is 8.75. The Morgan fingerprint density at radius 2 is 2.36 bits per heavy atom. The van der Waals surface area contributed by atoms with Gasteiger partial charge < -0.3 is 4.74 Å². The average Bonchev–Trinajstić information content (AvgIpc) is 2.18. The number of Topliss-reactive ketones (excluding diaryl/α,β-unsaturated/α-hetero) is 1. The second kappa shape index (κ2) is 3.26. The number of carbonyl (C=O) groups excluding carboxylic acids is 1. The Morgan fingerprint density at radius 1 is 1.57 bits per heavy atom. The minimum atomic E-state index is 0.177. The zero-order valence-electron chi connectivity index (χ0n) is 8.75. The second-order valence-corrected chi connectivity index (χ2v) is 4.46. The van der Waals surface area contributed by atoms with Gasteiger partial charge in [0.2, 0.25) is 0 Å². The largest absolute Gasteiger partial charge is 0.497 e. The first-order chi connectivity index (χ1) is 6.64. The second-order valence-electron chi connectivity index (χ2n) is 4.46. The lowest BCUT2D eigenvalue weighted by Gasteiger charge is -2.39. The predicted octanol–water partition coefficient (Wildman–Crippen LogP) is 2.46. The van der Waals surface area contributed by atoms with E-state index >= 15 is 0 Å². The number of carbonyl (C=O) groups is 1. The van der Waals surface area contributed by atoms with Gasteiger partial charge >= 0.3 is 0 Å². The van der Waals surface area contributed by atoms with Crippen LogP contribution in [-0.4, -0.2) is 12.9 Å².